The molecule has 17 heavy (non-hydrogen) atoms. The van der Waals surface area contributed by atoms with Gasteiger partial charge >= 0.3 is 5.97 Å². The highest BCUT2D eigenvalue weighted by Gasteiger charge is 2.21. The lowest BCUT2D eigenvalue weighted by atomic mass is 10.1. The Bertz CT molecular complexity index is 232. The zero-order valence-corrected chi connectivity index (χ0v) is 11.6. The molecule has 0 radical (unpaired) electrons. The molecule has 0 aliphatic carbocycles. The Balaban J connectivity index is 2.18. The van der Waals surface area contributed by atoms with E-state index in [2.05, 4.69) is 4.74 Å². The fourth-order valence-corrected chi connectivity index (χ4v) is 4.67. The number of carbonyl (C=O) groups excluding carboxylic acids is 1. The van der Waals surface area contributed by atoms with Crippen molar-refractivity contribution < 1.29 is 19.7 Å². The monoisotopic (exact) mass is 280 g/mol. The summed E-state index contributed by atoms with van der Waals surface area (Å²) in [6, 6.07) is 0. The van der Waals surface area contributed by atoms with Gasteiger partial charge in [-0.3, -0.25) is 4.79 Å². The Kier molecular flexibility index (Phi) is 7.34. The summed E-state index contributed by atoms with van der Waals surface area (Å²) in [6.07, 6.45) is 0.750. The van der Waals surface area contributed by atoms with Crippen molar-refractivity contribution in [1.82, 2.24) is 0 Å². The highest BCUT2D eigenvalue weighted by Crippen LogP contribution is 2.34. The van der Waals surface area contributed by atoms with Gasteiger partial charge in [0.25, 0.3) is 0 Å². The number of aliphatic hydroxyl groups excluding tert-OH is 2. The second-order valence-corrected chi connectivity index (χ2v) is 7.00. The highest BCUT2D eigenvalue weighted by molar-refractivity contribution is 8.17. The second-order valence-electron chi connectivity index (χ2n) is 4.08. The van der Waals surface area contributed by atoms with E-state index in [1.165, 1.54) is 13.5 Å². The first-order valence-corrected chi connectivity index (χ1v) is 7.87. The molecule has 4 nitrogen and oxygen atoms in total. The molecule has 6 heteroatoms. The van der Waals surface area contributed by atoms with Crippen LogP contribution in [0.1, 0.15) is 25.7 Å². The van der Waals surface area contributed by atoms with E-state index in [-0.39, 0.29) is 12.8 Å². The zero-order valence-electron chi connectivity index (χ0n) is 10.0. The number of rotatable bonds is 6. The molecule has 100 valence electrons. The van der Waals surface area contributed by atoms with Crippen LogP contribution < -0.4 is 0 Å². The zero-order chi connectivity index (χ0) is 12.7. The van der Waals surface area contributed by atoms with Gasteiger partial charge in [-0.1, -0.05) is 0 Å². The number of methoxy groups -OCH3 is 1. The normalized spacial score (nSPS) is 20.9. The molecule has 0 unspecified atom stereocenters. The van der Waals surface area contributed by atoms with E-state index in [1.54, 1.807) is 0 Å². The Labute approximate surface area is 110 Å². The molecular formula is C11H20O4S2. The van der Waals surface area contributed by atoms with E-state index in [4.69, 9.17) is 0 Å². The fraction of sp³-hybridized carbons (Fsp3) is 0.909. The molecule has 0 amide bonds. The molecule has 1 rings (SSSR count). The third kappa shape index (κ3) is 6.55. The van der Waals surface area contributed by atoms with Crippen molar-refractivity contribution in [3.63, 3.8) is 0 Å². The fourth-order valence-electron chi connectivity index (χ4n) is 1.66. The first-order chi connectivity index (χ1) is 8.11. The van der Waals surface area contributed by atoms with E-state index in [0.29, 0.717) is 11.0 Å². The Morgan fingerprint density at radius 3 is 2.59 bits per heavy atom. The van der Waals surface area contributed by atoms with Gasteiger partial charge in [0.05, 0.1) is 30.3 Å². The van der Waals surface area contributed by atoms with Gasteiger partial charge in [-0.25, -0.2) is 0 Å². The molecule has 1 heterocycles. The summed E-state index contributed by atoms with van der Waals surface area (Å²) < 4.78 is 4.88. The van der Waals surface area contributed by atoms with Crippen LogP contribution in [0.2, 0.25) is 0 Å². The standard InChI is InChI=1S/C11H20O4S2/c1-15-10(14)6-8(12)5-9(13)7-11-16-3-2-4-17-11/h8-9,11-13H,2-7H2,1H3/t8-,9-/m1/s1. The third-order valence-corrected chi connectivity index (χ3v) is 5.53. The number of ether oxygens (including phenoxy) is 1. The molecule has 2 N–H and O–H groups in total. The smallest absolute Gasteiger partial charge is 0.308 e. The van der Waals surface area contributed by atoms with Gasteiger partial charge in [-0.15, -0.1) is 23.5 Å². The van der Waals surface area contributed by atoms with Crippen molar-refractivity contribution in [3.8, 4) is 0 Å². The van der Waals surface area contributed by atoms with Crippen molar-refractivity contribution in [3.05, 3.63) is 0 Å². The lowest BCUT2D eigenvalue weighted by Gasteiger charge is -2.24. The average Bonchev–Trinajstić information content (AvgIpc) is 2.29. The van der Waals surface area contributed by atoms with Crippen LogP contribution in [0.5, 0.6) is 0 Å². The summed E-state index contributed by atoms with van der Waals surface area (Å²) in [5.41, 5.74) is 0. The molecule has 1 aliphatic heterocycles. The summed E-state index contributed by atoms with van der Waals surface area (Å²) in [7, 11) is 1.29. The minimum Gasteiger partial charge on any atom is -0.469 e. The summed E-state index contributed by atoms with van der Waals surface area (Å²) in [5.74, 6) is 1.86. The van der Waals surface area contributed by atoms with Gasteiger partial charge in [0, 0.05) is 0 Å². The summed E-state index contributed by atoms with van der Waals surface area (Å²) in [5, 5.41) is 19.4. The number of thioether (sulfide) groups is 2. The maximum Gasteiger partial charge on any atom is 0.308 e. The van der Waals surface area contributed by atoms with Crippen LogP contribution in [0.3, 0.4) is 0 Å². The topological polar surface area (TPSA) is 66.8 Å². The van der Waals surface area contributed by atoms with Gasteiger partial charge in [-0.2, -0.15) is 0 Å². The molecule has 0 aromatic rings. The van der Waals surface area contributed by atoms with Gasteiger partial charge in [0.15, 0.2) is 0 Å². The molecular weight excluding hydrogens is 260 g/mol. The SMILES string of the molecule is COC(=O)C[C@H](O)C[C@@H](O)CC1SCCCS1. The lowest BCUT2D eigenvalue weighted by Crippen LogP contribution is -2.24. The van der Waals surface area contributed by atoms with Gasteiger partial charge in [-0.05, 0) is 30.8 Å². The molecule has 1 aliphatic rings. The van der Waals surface area contributed by atoms with Crippen molar-refractivity contribution in [1.29, 1.82) is 0 Å². The maximum absolute atomic E-state index is 10.9. The number of hydrogen-bond donors (Lipinski definition) is 2. The first kappa shape index (κ1) is 15.1. The van der Waals surface area contributed by atoms with Gasteiger partial charge in [0.2, 0.25) is 0 Å². The van der Waals surface area contributed by atoms with Gasteiger partial charge < -0.3 is 14.9 Å². The number of hydrogen-bond acceptors (Lipinski definition) is 6. The van der Waals surface area contributed by atoms with E-state index in [0.717, 1.165) is 11.5 Å². The minimum absolute atomic E-state index is 0.0431. The molecule has 1 saturated heterocycles. The molecule has 2 atom stereocenters. The predicted molar refractivity (Wildman–Crippen MR) is 71.2 cm³/mol. The van der Waals surface area contributed by atoms with Crippen LogP contribution >= 0.6 is 23.5 Å². The molecule has 0 bridgehead atoms. The van der Waals surface area contributed by atoms with Crippen LogP contribution in [0.4, 0.5) is 0 Å². The third-order valence-electron chi connectivity index (χ3n) is 2.53. The van der Waals surface area contributed by atoms with Gasteiger partial charge in [0.1, 0.15) is 0 Å². The summed E-state index contributed by atoms with van der Waals surface area (Å²) in [4.78, 5) is 10.9. The Morgan fingerprint density at radius 2 is 2.00 bits per heavy atom. The van der Waals surface area contributed by atoms with Crippen molar-refractivity contribution in [2.75, 3.05) is 18.6 Å². The molecule has 1 fully saturated rings. The average molecular weight is 280 g/mol. The molecule has 0 saturated carbocycles. The first-order valence-electron chi connectivity index (χ1n) is 5.78. The largest absolute Gasteiger partial charge is 0.469 e. The summed E-state index contributed by atoms with van der Waals surface area (Å²) >= 11 is 3.73. The second kappa shape index (κ2) is 8.24. The molecule has 0 aromatic heterocycles. The van der Waals surface area contributed by atoms with Crippen molar-refractivity contribution in [2.45, 2.75) is 42.5 Å². The minimum atomic E-state index is -0.809. The Hall–Kier alpha value is 0.0900. The maximum atomic E-state index is 10.9. The van der Waals surface area contributed by atoms with Crippen LogP contribution in [0.25, 0.3) is 0 Å². The van der Waals surface area contributed by atoms with Crippen molar-refractivity contribution in [2.24, 2.45) is 0 Å². The number of carbonyl (C=O) groups is 1. The Morgan fingerprint density at radius 1 is 1.35 bits per heavy atom. The molecule has 0 aromatic carbocycles. The van der Waals surface area contributed by atoms with Crippen LogP contribution in [-0.2, 0) is 9.53 Å². The van der Waals surface area contributed by atoms with E-state index in [9.17, 15) is 15.0 Å². The lowest BCUT2D eigenvalue weighted by molar-refractivity contribution is -0.143. The number of aliphatic hydroxyl groups is 2. The van der Waals surface area contributed by atoms with Crippen LogP contribution in [0.15, 0.2) is 0 Å². The highest BCUT2D eigenvalue weighted by atomic mass is 32.2. The van der Waals surface area contributed by atoms with E-state index >= 15 is 0 Å². The van der Waals surface area contributed by atoms with E-state index < -0.39 is 18.2 Å². The van der Waals surface area contributed by atoms with Crippen LogP contribution in [-0.4, -0.2) is 51.6 Å². The van der Waals surface area contributed by atoms with Crippen LogP contribution in [0, 0.1) is 0 Å². The van der Waals surface area contributed by atoms with Crippen molar-refractivity contribution >= 4 is 29.5 Å². The molecule has 0 spiro atoms. The quantitative estimate of drug-likeness (QED) is 0.714. The number of esters is 1. The van der Waals surface area contributed by atoms with E-state index in [1.807, 2.05) is 23.5 Å². The summed E-state index contributed by atoms with van der Waals surface area (Å²) in [6.45, 7) is 0. The predicted octanol–water partition coefficient (Wildman–Crippen LogP) is 1.25.